The van der Waals surface area contributed by atoms with E-state index in [1.165, 1.54) is 0 Å². The lowest BCUT2D eigenvalue weighted by Crippen LogP contribution is -2.33. The van der Waals surface area contributed by atoms with Crippen LogP contribution in [0, 0.1) is 11.8 Å². The normalized spacial score (nSPS) is 32.0. The molecule has 0 aromatic rings. The molecule has 1 heterocycles. The lowest BCUT2D eigenvalue weighted by atomic mass is 9.89. The van der Waals surface area contributed by atoms with Gasteiger partial charge in [-0.05, 0) is 12.3 Å². The Morgan fingerprint density at radius 2 is 2.40 bits per heavy atom. The molecule has 0 spiro atoms. The van der Waals surface area contributed by atoms with E-state index in [9.17, 15) is 4.79 Å². The van der Waals surface area contributed by atoms with Crippen LogP contribution < -0.4 is 5.32 Å². The third-order valence-electron chi connectivity index (χ3n) is 2.10. The molecule has 1 N–H and O–H groups in total. The summed E-state index contributed by atoms with van der Waals surface area (Å²) in [5.74, 6) is 0.734. The van der Waals surface area contributed by atoms with Crippen molar-refractivity contribution in [2.45, 2.75) is 20.3 Å². The van der Waals surface area contributed by atoms with Crippen molar-refractivity contribution in [3.05, 3.63) is 12.3 Å². The first-order valence-corrected chi connectivity index (χ1v) is 3.72. The highest BCUT2D eigenvalue weighted by Gasteiger charge is 2.22. The maximum absolute atomic E-state index is 11.0. The summed E-state index contributed by atoms with van der Waals surface area (Å²) >= 11 is 0. The van der Waals surface area contributed by atoms with Gasteiger partial charge in [0.05, 0.1) is 0 Å². The lowest BCUT2D eigenvalue weighted by Gasteiger charge is -2.21. The zero-order valence-corrected chi connectivity index (χ0v) is 6.42. The van der Waals surface area contributed by atoms with E-state index in [-0.39, 0.29) is 11.8 Å². The summed E-state index contributed by atoms with van der Waals surface area (Å²) in [5.41, 5.74) is 0. The Balaban J connectivity index is 2.66. The van der Waals surface area contributed by atoms with Gasteiger partial charge in [-0.15, -0.1) is 0 Å². The van der Waals surface area contributed by atoms with Crippen LogP contribution in [-0.2, 0) is 4.79 Å². The van der Waals surface area contributed by atoms with Crippen molar-refractivity contribution in [1.29, 1.82) is 0 Å². The minimum Gasteiger partial charge on any atom is -0.333 e. The predicted octanol–water partition coefficient (Wildman–Crippen LogP) is 1.29. The van der Waals surface area contributed by atoms with E-state index in [1.54, 1.807) is 6.20 Å². The van der Waals surface area contributed by atoms with Gasteiger partial charge in [0.25, 0.3) is 0 Å². The number of nitrogens with one attached hydrogen (secondary N) is 1. The largest absolute Gasteiger partial charge is 0.333 e. The van der Waals surface area contributed by atoms with E-state index in [0.29, 0.717) is 5.92 Å². The van der Waals surface area contributed by atoms with Crippen molar-refractivity contribution < 1.29 is 4.79 Å². The fourth-order valence-electron chi connectivity index (χ4n) is 1.24. The summed E-state index contributed by atoms with van der Waals surface area (Å²) in [7, 11) is 0. The van der Waals surface area contributed by atoms with Gasteiger partial charge in [-0.1, -0.05) is 19.9 Å². The molecule has 0 saturated carbocycles. The molecule has 2 nitrogen and oxygen atoms in total. The molecule has 0 aromatic carbocycles. The van der Waals surface area contributed by atoms with Gasteiger partial charge in [0.15, 0.2) is 0 Å². The van der Waals surface area contributed by atoms with E-state index in [0.717, 1.165) is 6.42 Å². The highest BCUT2D eigenvalue weighted by atomic mass is 16.1. The number of hydrogen-bond donors (Lipinski definition) is 1. The minimum absolute atomic E-state index is 0.148. The van der Waals surface area contributed by atoms with E-state index < -0.39 is 0 Å². The van der Waals surface area contributed by atoms with Gasteiger partial charge in [-0.2, -0.15) is 0 Å². The summed E-state index contributed by atoms with van der Waals surface area (Å²) in [5, 5.41) is 2.68. The van der Waals surface area contributed by atoms with Gasteiger partial charge < -0.3 is 5.32 Å². The second-order valence-corrected chi connectivity index (χ2v) is 2.73. The number of rotatable bonds is 1. The van der Waals surface area contributed by atoms with Crippen molar-refractivity contribution in [2.24, 2.45) is 11.8 Å². The Morgan fingerprint density at radius 1 is 1.70 bits per heavy atom. The molecule has 1 amide bonds. The number of carbonyl (C=O) groups is 1. The van der Waals surface area contributed by atoms with Gasteiger partial charge in [-0.3, -0.25) is 4.79 Å². The van der Waals surface area contributed by atoms with Crippen molar-refractivity contribution in [2.75, 3.05) is 0 Å². The lowest BCUT2D eigenvalue weighted by molar-refractivity contribution is -0.125. The maximum atomic E-state index is 11.0. The monoisotopic (exact) mass is 139 g/mol. The Labute approximate surface area is 61.3 Å². The molecule has 2 heteroatoms. The maximum Gasteiger partial charge on any atom is 0.227 e. The van der Waals surface area contributed by atoms with E-state index in [2.05, 4.69) is 18.3 Å². The van der Waals surface area contributed by atoms with Crippen molar-refractivity contribution >= 4 is 5.91 Å². The Bertz CT molecular complexity index is 163. The number of carbonyl (C=O) groups excluding carboxylic acids is 1. The summed E-state index contributed by atoms with van der Waals surface area (Å²) in [6, 6.07) is 0. The summed E-state index contributed by atoms with van der Waals surface area (Å²) in [4.78, 5) is 11.0. The second-order valence-electron chi connectivity index (χ2n) is 2.73. The molecule has 1 aliphatic rings. The molecule has 2 atom stereocenters. The van der Waals surface area contributed by atoms with E-state index in [4.69, 9.17) is 0 Å². The molecule has 1 rings (SSSR count). The highest BCUT2D eigenvalue weighted by molar-refractivity contribution is 5.80. The fraction of sp³-hybridized carbons (Fsp3) is 0.625. The molecule has 0 radical (unpaired) electrons. The molecule has 0 aromatic heterocycles. The molecule has 10 heavy (non-hydrogen) atoms. The number of amides is 1. The highest BCUT2D eigenvalue weighted by Crippen LogP contribution is 2.19. The molecule has 0 bridgehead atoms. The van der Waals surface area contributed by atoms with Gasteiger partial charge in [-0.25, -0.2) is 0 Å². The van der Waals surface area contributed by atoms with Crippen LogP contribution in [0.4, 0.5) is 0 Å². The quantitative estimate of drug-likeness (QED) is 0.582. The molecule has 2 unspecified atom stereocenters. The van der Waals surface area contributed by atoms with Crippen LogP contribution in [0.25, 0.3) is 0 Å². The van der Waals surface area contributed by atoms with Crippen LogP contribution in [0.1, 0.15) is 20.3 Å². The van der Waals surface area contributed by atoms with Crippen molar-refractivity contribution in [1.82, 2.24) is 5.32 Å². The van der Waals surface area contributed by atoms with Gasteiger partial charge in [0, 0.05) is 12.1 Å². The molecule has 1 aliphatic heterocycles. The molecule has 0 saturated heterocycles. The van der Waals surface area contributed by atoms with Crippen LogP contribution in [0.3, 0.4) is 0 Å². The van der Waals surface area contributed by atoms with Crippen molar-refractivity contribution in [3.63, 3.8) is 0 Å². The SMILES string of the molecule is CCC1C=CNC(=O)C1C. The second kappa shape index (κ2) is 2.86. The number of allylic oxidation sites excluding steroid dienone is 1. The average Bonchev–Trinajstić information content (AvgIpc) is 1.95. The topological polar surface area (TPSA) is 29.1 Å². The molecule has 0 fully saturated rings. The third-order valence-corrected chi connectivity index (χ3v) is 2.10. The van der Waals surface area contributed by atoms with Crippen LogP contribution in [0.2, 0.25) is 0 Å². The van der Waals surface area contributed by atoms with Gasteiger partial charge >= 0.3 is 0 Å². The molecular weight excluding hydrogens is 126 g/mol. The Kier molecular flexibility index (Phi) is 2.10. The van der Waals surface area contributed by atoms with Crippen molar-refractivity contribution in [3.8, 4) is 0 Å². The minimum atomic E-state index is 0.148. The Hall–Kier alpha value is -0.790. The first-order valence-electron chi connectivity index (χ1n) is 3.72. The summed E-state index contributed by atoms with van der Waals surface area (Å²) in [6.07, 6.45) is 4.85. The third kappa shape index (κ3) is 1.20. The molecule has 56 valence electrons. The fourth-order valence-corrected chi connectivity index (χ4v) is 1.24. The van der Waals surface area contributed by atoms with Crippen LogP contribution in [0.15, 0.2) is 12.3 Å². The molecular formula is C8H13NO. The smallest absolute Gasteiger partial charge is 0.227 e. The zero-order valence-electron chi connectivity index (χ0n) is 6.42. The van der Waals surface area contributed by atoms with E-state index >= 15 is 0 Å². The average molecular weight is 139 g/mol. The Morgan fingerprint density at radius 3 is 2.90 bits per heavy atom. The summed E-state index contributed by atoms with van der Waals surface area (Å²) in [6.45, 7) is 4.07. The number of hydrogen-bond acceptors (Lipinski definition) is 1. The van der Waals surface area contributed by atoms with Crippen LogP contribution in [-0.4, -0.2) is 5.91 Å². The zero-order chi connectivity index (χ0) is 7.56. The molecule has 0 aliphatic carbocycles. The first-order chi connectivity index (χ1) is 4.75. The van der Waals surface area contributed by atoms with Gasteiger partial charge in [0.1, 0.15) is 0 Å². The first kappa shape index (κ1) is 7.32. The van der Waals surface area contributed by atoms with Gasteiger partial charge in [0.2, 0.25) is 5.91 Å². The van der Waals surface area contributed by atoms with Crippen LogP contribution in [0.5, 0.6) is 0 Å². The predicted molar refractivity (Wildman–Crippen MR) is 40.2 cm³/mol. The van der Waals surface area contributed by atoms with Crippen LogP contribution >= 0.6 is 0 Å². The standard InChI is InChI=1S/C8H13NO/c1-3-7-4-5-9-8(10)6(7)2/h4-7H,3H2,1-2H3,(H,9,10). The van der Waals surface area contributed by atoms with E-state index in [1.807, 2.05) is 6.92 Å². The summed E-state index contributed by atoms with van der Waals surface area (Å²) < 4.78 is 0.